The van der Waals surface area contributed by atoms with Crippen molar-refractivity contribution in [2.45, 2.75) is 31.8 Å². The number of hydrogen-bond donors (Lipinski definition) is 3. The minimum absolute atomic E-state index is 0.0306. The first-order chi connectivity index (χ1) is 9.81. The van der Waals surface area contributed by atoms with Gasteiger partial charge in [0.1, 0.15) is 0 Å². The number of amides is 1. The summed E-state index contributed by atoms with van der Waals surface area (Å²) in [5.41, 5.74) is 6.09. The Hall–Kier alpha value is -2.48. The van der Waals surface area contributed by atoms with Gasteiger partial charge in [-0.15, -0.1) is 0 Å². The third-order valence-electron chi connectivity index (χ3n) is 2.95. The van der Waals surface area contributed by atoms with Gasteiger partial charge in [0.05, 0.1) is 17.0 Å². The molecule has 1 aromatic rings. The van der Waals surface area contributed by atoms with Crippen LogP contribution in [-0.4, -0.2) is 27.9 Å². The Morgan fingerprint density at radius 3 is 2.71 bits per heavy atom. The minimum atomic E-state index is -1.02. The van der Waals surface area contributed by atoms with E-state index in [1.54, 1.807) is 13.0 Å². The molecule has 0 aliphatic heterocycles. The molecule has 8 heteroatoms. The molecule has 0 heterocycles. The zero-order chi connectivity index (χ0) is 16.0. The van der Waals surface area contributed by atoms with Gasteiger partial charge in [0.2, 0.25) is 5.91 Å². The molecule has 1 aromatic carbocycles. The predicted octanol–water partition coefficient (Wildman–Crippen LogP) is 0.964. The van der Waals surface area contributed by atoms with Crippen molar-refractivity contribution in [1.82, 2.24) is 5.32 Å². The molecular weight excluding hydrogens is 278 g/mol. The number of carboxylic acids is 1. The van der Waals surface area contributed by atoms with Crippen LogP contribution in [0.4, 0.5) is 5.69 Å². The molecule has 4 N–H and O–H groups in total. The Morgan fingerprint density at radius 2 is 2.14 bits per heavy atom. The zero-order valence-electron chi connectivity index (χ0n) is 11.5. The summed E-state index contributed by atoms with van der Waals surface area (Å²) < 4.78 is 0. The van der Waals surface area contributed by atoms with Crippen LogP contribution in [-0.2, 0) is 9.59 Å². The molecular formula is C13H17N3O5. The molecule has 1 rings (SSSR count). The van der Waals surface area contributed by atoms with Crippen molar-refractivity contribution in [3.63, 3.8) is 0 Å². The van der Waals surface area contributed by atoms with Crippen LogP contribution in [0.5, 0.6) is 0 Å². The first kappa shape index (κ1) is 16.6. The third-order valence-corrected chi connectivity index (χ3v) is 2.95. The van der Waals surface area contributed by atoms with Crippen molar-refractivity contribution in [3.05, 3.63) is 39.9 Å². The summed E-state index contributed by atoms with van der Waals surface area (Å²) in [5.74, 6) is -1.51. The number of rotatable bonds is 7. The van der Waals surface area contributed by atoms with Crippen molar-refractivity contribution >= 4 is 17.6 Å². The van der Waals surface area contributed by atoms with E-state index in [1.165, 1.54) is 18.2 Å². The lowest BCUT2D eigenvalue weighted by molar-refractivity contribution is -0.384. The van der Waals surface area contributed by atoms with Crippen LogP contribution in [0.25, 0.3) is 0 Å². The van der Waals surface area contributed by atoms with Gasteiger partial charge in [0, 0.05) is 18.6 Å². The number of nitrogens with two attached hydrogens (primary N) is 1. The Morgan fingerprint density at radius 1 is 1.48 bits per heavy atom. The quantitative estimate of drug-likeness (QED) is 0.506. The van der Waals surface area contributed by atoms with E-state index < -0.39 is 28.9 Å². The molecule has 8 nitrogen and oxygen atoms in total. The number of nitrogens with one attached hydrogen (secondary N) is 1. The van der Waals surface area contributed by atoms with Gasteiger partial charge in [-0.05, 0) is 18.9 Å². The lowest BCUT2D eigenvalue weighted by Crippen LogP contribution is -2.41. The number of carbonyl (C=O) groups excluding carboxylic acids is 1. The van der Waals surface area contributed by atoms with Crippen LogP contribution in [0.3, 0.4) is 0 Å². The molecule has 0 aliphatic carbocycles. The lowest BCUT2D eigenvalue weighted by atomic mass is 10.1. The zero-order valence-corrected chi connectivity index (χ0v) is 11.5. The van der Waals surface area contributed by atoms with Gasteiger partial charge >= 0.3 is 5.97 Å². The second-order valence-corrected chi connectivity index (χ2v) is 4.62. The summed E-state index contributed by atoms with van der Waals surface area (Å²) in [4.78, 5) is 32.4. The summed E-state index contributed by atoms with van der Waals surface area (Å²) in [6.45, 7) is 1.67. The number of nitro benzene ring substituents is 1. The van der Waals surface area contributed by atoms with Crippen molar-refractivity contribution in [2.24, 2.45) is 5.73 Å². The SMILES string of the molecule is CC(NC(=O)C(N)CCC(=O)O)c1cccc([N+](=O)[O-])c1. The summed E-state index contributed by atoms with van der Waals surface area (Å²) in [6, 6.07) is 4.52. The number of carbonyl (C=O) groups is 2. The third kappa shape index (κ3) is 5.19. The fourth-order valence-electron chi connectivity index (χ4n) is 1.72. The molecule has 2 atom stereocenters. The van der Waals surface area contributed by atoms with E-state index in [1.807, 2.05) is 0 Å². The van der Waals surface area contributed by atoms with Crippen molar-refractivity contribution in [3.8, 4) is 0 Å². The second-order valence-electron chi connectivity index (χ2n) is 4.62. The average molecular weight is 295 g/mol. The van der Waals surface area contributed by atoms with E-state index in [-0.39, 0.29) is 18.5 Å². The highest BCUT2D eigenvalue weighted by Gasteiger charge is 2.18. The number of carboxylic acid groups (broad SMARTS) is 1. The standard InChI is InChI=1S/C13H17N3O5/c1-8(9-3-2-4-10(7-9)16(20)21)15-13(19)11(14)5-6-12(17)18/h2-4,7-8,11H,5-6,14H2,1H3,(H,15,19)(H,17,18). The topological polar surface area (TPSA) is 136 Å². The van der Waals surface area contributed by atoms with Gasteiger partial charge in [-0.25, -0.2) is 0 Å². The Bertz CT molecular complexity index is 546. The highest BCUT2D eigenvalue weighted by Crippen LogP contribution is 2.19. The monoisotopic (exact) mass is 295 g/mol. The van der Waals surface area contributed by atoms with Crippen molar-refractivity contribution in [1.29, 1.82) is 0 Å². The van der Waals surface area contributed by atoms with Crippen LogP contribution in [0.15, 0.2) is 24.3 Å². The molecule has 0 saturated heterocycles. The molecule has 0 bridgehead atoms. The van der Waals surface area contributed by atoms with E-state index >= 15 is 0 Å². The molecule has 1 amide bonds. The highest BCUT2D eigenvalue weighted by molar-refractivity contribution is 5.82. The summed E-state index contributed by atoms with van der Waals surface area (Å²) in [7, 11) is 0. The number of aliphatic carboxylic acids is 1. The van der Waals surface area contributed by atoms with Crippen LogP contribution in [0.2, 0.25) is 0 Å². The number of hydrogen-bond acceptors (Lipinski definition) is 5. The number of benzene rings is 1. The van der Waals surface area contributed by atoms with Gasteiger partial charge in [-0.3, -0.25) is 19.7 Å². The number of nitro groups is 1. The minimum Gasteiger partial charge on any atom is -0.481 e. The fourth-order valence-corrected chi connectivity index (χ4v) is 1.72. The van der Waals surface area contributed by atoms with Crippen LogP contribution in [0, 0.1) is 10.1 Å². The van der Waals surface area contributed by atoms with Gasteiger partial charge in [0.25, 0.3) is 5.69 Å². The smallest absolute Gasteiger partial charge is 0.303 e. The number of nitrogens with zero attached hydrogens (tertiary/aromatic N) is 1. The van der Waals surface area contributed by atoms with Gasteiger partial charge < -0.3 is 16.2 Å². The summed E-state index contributed by atoms with van der Waals surface area (Å²) >= 11 is 0. The van der Waals surface area contributed by atoms with Crippen LogP contribution in [0.1, 0.15) is 31.4 Å². The molecule has 0 fully saturated rings. The summed E-state index contributed by atoms with van der Waals surface area (Å²) in [6.07, 6.45) is -0.164. The predicted molar refractivity (Wildman–Crippen MR) is 74.5 cm³/mol. The second kappa shape index (κ2) is 7.34. The molecule has 0 aromatic heterocycles. The number of non-ortho nitro benzene ring substituents is 1. The maximum Gasteiger partial charge on any atom is 0.303 e. The summed E-state index contributed by atoms with van der Waals surface area (Å²) in [5, 5.41) is 21.8. The molecule has 0 aliphatic rings. The highest BCUT2D eigenvalue weighted by atomic mass is 16.6. The molecule has 114 valence electrons. The van der Waals surface area contributed by atoms with Gasteiger partial charge in [0.15, 0.2) is 0 Å². The lowest BCUT2D eigenvalue weighted by Gasteiger charge is -2.17. The van der Waals surface area contributed by atoms with E-state index in [0.29, 0.717) is 5.56 Å². The van der Waals surface area contributed by atoms with Crippen molar-refractivity contribution < 1.29 is 19.6 Å². The molecule has 2 unspecified atom stereocenters. The molecule has 0 saturated carbocycles. The van der Waals surface area contributed by atoms with E-state index in [9.17, 15) is 19.7 Å². The van der Waals surface area contributed by atoms with Crippen LogP contribution >= 0.6 is 0 Å². The Kier molecular flexibility index (Phi) is 5.79. The van der Waals surface area contributed by atoms with Crippen molar-refractivity contribution in [2.75, 3.05) is 0 Å². The molecule has 0 radical (unpaired) electrons. The first-order valence-corrected chi connectivity index (χ1v) is 6.33. The maximum absolute atomic E-state index is 11.8. The van der Waals surface area contributed by atoms with E-state index in [0.717, 1.165) is 0 Å². The normalized spacial score (nSPS) is 13.2. The molecule has 21 heavy (non-hydrogen) atoms. The van der Waals surface area contributed by atoms with E-state index in [2.05, 4.69) is 5.32 Å². The Labute approximate surface area is 121 Å². The molecule has 0 spiro atoms. The fraction of sp³-hybridized carbons (Fsp3) is 0.385. The van der Waals surface area contributed by atoms with E-state index in [4.69, 9.17) is 10.8 Å². The largest absolute Gasteiger partial charge is 0.481 e. The Balaban J connectivity index is 2.65. The van der Waals surface area contributed by atoms with Gasteiger partial charge in [-0.1, -0.05) is 12.1 Å². The maximum atomic E-state index is 11.8. The first-order valence-electron chi connectivity index (χ1n) is 6.33. The van der Waals surface area contributed by atoms with Gasteiger partial charge in [-0.2, -0.15) is 0 Å². The van der Waals surface area contributed by atoms with Crippen LogP contribution < -0.4 is 11.1 Å². The average Bonchev–Trinajstić information content (AvgIpc) is 2.44.